The predicted octanol–water partition coefficient (Wildman–Crippen LogP) is 4.77. The maximum Gasteiger partial charge on any atom is 0.219 e. The second-order valence-corrected chi connectivity index (χ2v) is 6.34. The van der Waals surface area contributed by atoms with Crippen molar-refractivity contribution in [1.29, 1.82) is 0 Å². The van der Waals surface area contributed by atoms with Crippen molar-refractivity contribution in [1.82, 2.24) is 10.3 Å². The molecule has 1 aromatic heterocycles. The Hall–Kier alpha value is -1.39. The van der Waals surface area contributed by atoms with Crippen LogP contribution in [-0.2, 0) is 6.54 Å². The van der Waals surface area contributed by atoms with Crippen molar-refractivity contribution in [3.05, 3.63) is 52.6 Å². The number of halogens is 1. The molecule has 0 bridgehead atoms. The van der Waals surface area contributed by atoms with Crippen LogP contribution in [0, 0.1) is 5.92 Å². The number of hydrogen-bond acceptors (Lipinski definition) is 3. The van der Waals surface area contributed by atoms with Gasteiger partial charge in [0, 0.05) is 23.3 Å². The van der Waals surface area contributed by atoms with E-state index in [1.54, 1.807) is 6.20 Å². The van der Waals surface area contributed by atoms with Crippen LogP contribution in [0.25, 0.3) is 0 Å². The number of nitrogens with zero attached hydrogens (tertiary/aromatic N) is 1. The standard InChI is InChI=1S/C17H21BrN2O/c1-13(2)9-10-19-11-14-3-6-16(7-4-14)21-17-8-5-15(18)12-20-17/h3-8,12-13,19H,9-11H2,1-2H3. The van der Waals surface area contributed by atoms with Gasteiger partial charge in [-0.1, -0.05) is 26.0 Å². The summed E-state index contributed by atoms with van der Waals surface area (Å²) in [6, 6.07) is 11.9. The lowest BCUT2D eigenvalue weighted by molar-refractivity contribution is 0.462. The molecule has 3 nitrogen and oxygen atoms in total. The monoisotopic (exact) mass is 348 g/mol. The molecule has 0 unspecified atom stereocenters. The Labute approximate surface area is 134 Å². The van der Waals surface area contributed by atoms with Gasteiger partial charge in [-0.25, -0.2) is 4.98 Å². The van der Waals surface area contributed by atoms with E-state index in [1.165, 1.54) is 12.0 Å². The first kappa shape index (κ1) is 16.0. The quantitative estimate of drug-likeness (QED) is 0.731. The molecule has 0 aliphatic carbocycles. The minimum atomic E-state index is 0.598. The van der Waals surface area contributed by atoms with Crippen molar-refractivity contribution in [3.63, 3.8) is 0 Å². The highest BCUT2D eigenvalue weighted by molar-refractivity contribution is 9.10. The van der Waals surface area contributed by atoms with E-state index in [1.807, 2.05) is 24.3 Å². The molecule has 1 N–H and O–H groups in total. The van der Waals surface area contributed by atoms with Crippen molar-refractivity contribution in [2.75, 3.05) is 6.54 Å². The fourth-order valence-electron chi connectivity index (χ4n) is 1.84. The second-order valence-electron chi connectivity index (χ2n) is 5.42. The lowest BCUT2D eigenvalue weighted by atomic mass is 10.1. The van der Waals surface area contributed by atoms with Gasteiger partial charge in [-0.3, -0.25) is 0 Å². The summed E-state index contributed by atoms with van der Waals surface area (Å²) in [6.07, 6.45) is 2.93. The van der Waals surface area contributed by atoms with Crippen LogP contribution in [0.15, 0.2) is 47.1 Å². The van der Waals surface area contributed by atoms with Gasteiger partial charge in [0.2, 0.25) is 5.88 Å². The molecular weight excluding hydrogens is 328 g/mol. The third-order valence-corrected chi connectivity index (χ3v) is 3.54. The van der Waals surface area contributed by atoms with Gasteiger partial charge in [-0.2, -0.15) is 0 Å². The molecule has 0 saturated heterocycles. The Balaban J connectivity index is 1.82. The van der Waals surface area contributed by atoms with Gasteiger partial charge in [0.05, 0.1) is 0 Å². The molecule has 1 aromatic carbocycles. The molecule has 0 amide bonds. The number of nitrogens with one attached hydrogen (secondary N) is 1. The predicted molar refractivity (Wildman–Crippen MR) is 89.6 cm³/mol. The molecular formula is C17H21BrN2O. The van der Waals surface area contributed by atoms with E-state index in [0.29, 0.717) is 5.88 Å². The molecule has 21 heavy (non-hydrogen) atoms. The molecule has 0 fully saturated rings. The summed E-state index contributed by atoms with van der Waals surface area (Å²) in [6.45, 7) is 6.43. The normalized spacial score (nSPS) is 10.9. The molecule has 0 saturated carbocycles. The molecule has 2 rings (SSSR count). The number of pyridine rings is 1. The molecule has 0 spiro atoms. The Kier molecular flexibility index (Phi) is 6.21. The van der Waals surface area contributed by atoms with E-state index < -0.39 is 0 Å². The molecule has 0 aliphatic heterocycles. The summed E-state index contributed by atoms with van der Waals surface area (Å²) in [4.78, 5) is 4.19. The van der Waals surface area contributed by atoms with E-state index in [-0.39, 0.29) is 0 Å². The van der Waals surface area contributed by atoms with Crippen molar-refractivity contribution >= 4 is 15.9 Å². The van der Waals surface area contributed by atoms with E-state index >= 15 is 0 Å². The average Bonchev–Trinajstić information content (AvgIpc) is 2.47. The fraction of sp³-hybridized carbons (Fsp3) is 0.353. The highest BCUT2D eigenvalue weighted by Gasteiger charge is 2.00. The average molecular weight is 349 g/mol. The van der Waals surface area contributed by atoms with E-state index in [4.69, 9.17) is 4.74 Å². The van der Waals surface area contributed by atoms with Crippen molar-refractivity contribution in [3.8, 4) is 11.6 Å². The zero-order valence-corrected chi connectivity index (χ0v) is 14.1. The molecule has 1 heterocycles. The van der Waals surface area contributed by atoms with Crippen LogP contribution < -0.4 is 10.1 Å². The third kappa shape index (κ3) is 5.86. The highest BCUT2D eigenvalue weighted by Crippen LogP contribution is 2.21. The van der Waals surface area contributed by atoms with Crippen LogP contribution >= 0.6 is 15.9 Å². The highest BCUT2D eigenvalue weighted by atomic mass is 79.9. The van der Waals surface area contributed by atoms with Crippen molar-refractivity contribution in [2.45, 2.75) is 26.8 Å². The molecule has 4 heteroatoms. The number of benzene rings is 1. The lowest BCUT2D eigenvalue weighted by Crippen LogP contribution is -2.16. The van der Waals surface area contributed by atoms with Gasteiger partial charge in [-0.05, 0) is 58.6 Å². The first-order valence-electron chi connectivity index (χ1n) is 7.22. The topological polar surface area (TPSA) is 34.1 Å². The molecule has 0 atom stereocenters. The minimum Gasteiger partial charge on any atom is -0.439 e. The van der Waals surface area contributed by atoms with Crippen molar-refractivity contribution in [2.24, 2.45) is 5.92 Å². The molecule has 2 aromatic rings. The second kappa shape index (κ2) is 8.15. The zero-order valence-electron chi connectivity index (χ0n) is 12.5. The third-order valence-electron chi connectivity index (χ3n) is 3.07. The smallest absolute Gasteiger partial charge is 0.219 e. The summed E-state index contributed by atoms with van der Waals surface area (Å²) in [5, 5.41) is 3.45. The van der Waals surface area contributed by atoms with Crippen LogP contribution in [0.1, 0.15) is 25.8 Å². The maximum absolute atomic E-state index is 5.69. The number of ether oxygens (including phenoxy) is 1. The van der Waals surface area contributed by atoms with Gasteiger partial charge in [0.1, 0.15) is 5.75 Å². The number of hydrogen-bond donors (Lipinski definition) is 1. The summed E-state index contributed by atoms with van der Waals surface area (Å²) in [7, 11) is 0. The lowest BCUT2D eigenvalue weighted by Gasteiger charge is -2.08. The Morgan fingerprint density at radius 2 is 1.90 bits per heavy atom. The van der Waals surface area contributed by atoms with Crippen LogP contribution in [0.5, 0.6) is 11.6 Å². The number of rotatable bonds is 7. The first-order valence-corrected chi connectivity index (χ1v) is 8.02. The summed E-state index contributed by atoms with van der Waals surface area (Å²) in [5.41, 5.74) is 1.26. The van der Waals surface area contributed by atoms with E-state index in [2.05, 4.69) is 52.2 Å². The van der Waals surface area contributed by atoms with Crippen molar-refractivity contribution < 1.29 is 4.74 Å². The first-order chi connectivity index (χ1) is 10.1. The van der Waals surface area contributed by atoms with Crippen LogP contribution in [-0.4, -0.2) is 11.5 Å². The maximum atomic E-state index is 5.69. The molecule has 0 radical (unpaired) electrons. The van der Waals surface area contributed by atoms with Crippen LogP contribution in [0.2, 0.25) is 0 Å². The summed E-state index contributed by atoms with van der Waals surface area (Å²) >= 11 is 3.35. The van der Waals surface area contributed by atoms with Gasteiger partial charge < -0.3 is 10.1 Å². The van der Waals surface area contributed by atoms with Gasteiger partial charge in [0.15, 0.2) is 0 Å². The Morgan fingerprint density at radius 1 is 1.14 bits per heavy atom. The van der Waals surface area contributed by atoms with Gasteiger partial charge in [-0.15, -0.1) is 0 Å². The largest absolute Gasteiger partial charge is 0.439 e. The summed E-state index contributed by atoms with van der Waals surface area (Å²) in [5.74, 6) is 2.14. The zero-order chi connectivity index (χ0) is 15.1. The number of aromatic nitrogens is 1. The Bertz CT molecular complexity index is 538. The van der Waals surface area contributed by atoms with Crippen LogP contribution in [0.4, 0.5) is 0 Å². The molecule has 112 valence electrons. The fourth-order valence-corrected chi connectivity index (χ4v) is 2.08. The SMILES string of the molecule is CC(C)CCNCc1ccc(Oc2ccc(Br)cn2)cc1. The summed E-state index contributed by atoms with van der Waals surface area (Å²) < 4.78 is 6.64. The Morgan fingerprint density at radius 3 is 2.52 bits per heavy atom. The van der Waals surface area contributed by atoms with Gasteiger partial charge in [0.25, 0.3) is 0 Å². The van der Waals surface area contributed by atoms with Crippen LogP contribution in [0.3, 0.4) is 0 Å². The molecule has 0 aliphatic rings. The minimum absolute atomic E-state index is 0.598. The van der Waals surface area contributed by atoms with E-state index in [0.717, 1.165) is 29.2 Å². The van der Waals surface area contributed by atoms with E-state index in [9.17, 15) is 0 Å². The van der Waals surface area contributed by atoms with Gasteiger partial charge >= 0.3 is 0 Å².